The maximum Gasteiger partial charge on any atom is 0.288 e. The fourth-order valence-corrected chi connectivity index (χ4v) is 4.12. The summed E-state index contributed by atoms with van der Waals surface area (Å²) in [6, 6.07) is 14.1. The molecule has 8 nitrogen and oxygen atoms in total. The number of benzene rings is 1. The van der Waals surface area contributed by atoms with Gasteiger partial charge in [0, 0.05) is 23.2 Å². The largest absolute Gasteiger partial charge is 0.288 e. The van der Waals surface area contributed by atoms with Gasteiger partial charge in [0.25, 0.3) is 11.8 Å². The molecule has 2 amide bonds. The van der Waals surface area contributed by atoms with Crippen molar-refractivity contribution in [1.82, 2.24) is 20.6 Å². The number of carbonyl (C=O) groups is 2. The Morgan fingerprint density at radius 1 is 0.931 bits per heavy atom. The molecule has 0 saturated carbocycles. The Kier molecular flexibility index (Phi) is 6.70. The molecule has 3 N–H and O–H groups in total. The predicted octanol–water partition coefficient (Wildman–Crippen LogP) is 1.74. The molecule has 150 valence electrons. The monoisotopic (exact) mass is 430 g/mol. The first-order valence-corrected chi connectivity index (χ1v) is 11.0. The van der Waals surface area contributed by atoms with E-state index < -0.39 is 21.8 Å². The maximum absolute atomic E-state index is 12.3. The fourth-order valence-electron chi connectivity index (χ4n) is 2.38. The molecule has 0 spiro atoms. The molecule has 29 heavy (non-hydrogen) atoms. The number of thiophene rings is 1. The molecule has 0 aliphatic rings. The van der Waals surface area contributed by atoms with Gasteiger partial charge < -0.3 is 0 Å². The van der Waals surface area contributed by atoms with Crippen LogP contribution in [-0.2, 0) is 16.4 Å². The van der Waals surface area contributed by atoms with Gasteiger partial charge in [0.2, 0.25) is 10.0 Å². The number of sulfonamides is 1. The molecule has 1 aromatic carbocycles. The van der Waals surface area contributed by atoms with Gasteiger partial charge in [-0.05, 0) is 54.3 Å². The molecule has 0 atom stereocenters. The Labute approximate surface area is 172 Å². The Morgan fingerprint density at radius 2 is 1.69 bits per heavy atom. The van der Waals surface area contributed by atoms with Crippen LogP contribution in [-0.4, -0.2) is 31.8 Å². The van der Waals surface area contributed by atoms with E-state index in [1.165, 1.54) is 36.5 Å². The zero-order chi connectivity index (χ0) is 20.7. The van der Waals surface area contributed by atoms with E-state index in [-0.39, 0.29) is 22.7 Å². The molecule has 3 aromatic rings. The minimum atomic E-state index is -3.67. The van der Waals surface area contributed by atoms with E-state index in [2.05, 4.69) is 20.6 Å². The molecule has 0 aliphatic heterocycles. The lowest BCUT2D eigenvalue weighted by Crippen LogP contribution is -2.41. The van der Waals surface area contributed by atoms with Gasteiger partial charge in [0.1, 0.15) is 5.69 Å². The fraction of sp³-hybridized carbons (Fsp3) is 0.105. The Balaban J connectivity index is 1.54. The number of rotatable bonds is 7. The zero-order valence-electron chi connectivity index (χ0n) is 15.2. The van der Waals surface area contributed by atoms with Crippen molar-refractivity contribution in [2.24, 2.45) is 0 Å². The van der Waals surface area contributed by atoms with Crippen molar-refractivity contribution < 1.29 is 18.0 Å². The van der Waals surface area contributed by atoms with E-state index in [4.69, 9.17) is 0 Å². The summed E-state index contributed by atoms with van der Waals surface area (Å²) in [5, 5.41) is 1.94. The Hall–Kier alpha value is -3.08. The summed E-state index contributed by atoms with van der Waals surface area (Å²) in [5.41, 5.74) is 4.87. The number of amides is 2. The lowest BCUT2D eigenvalue weighted by atomic mass is 10.2. The molecular formula is C19H18N4O4S2. The highest BCUT2D eigenvalue weighted by Gasteiger charge is 2.15. The van der Waals surface area contributed by atoms with Crippen molar-refractivity contribution >= 4 is 33.2 Å². The highest BCUT2D eigenvalue weighted by atomic mass is 32.2. The topological polar surface area (TPSA) is 117 Å². The third-order valence-electron chi connectivity index (χ3n) is 3.86. The second kappa shape index (κ2) is 9.41. The van der Waals surface area contributed by atoms with Crippen molar-refractivity contribution in [3.63, 3.8) is 0 Å². The van der Waals surface area contributed by atoms with Crippen LogP contribution in [0, 0.1) is 0 Å². The van der Waals surface area contributed by atoms with Crippen molar-refractivity contribution in [2.45, 2.75) is 11.3 Å². The minimum absolute atomic E-state index is 0.0535. The van der Waals surface area contributed by atoms with Crippen molar-refractivity contribution in [2.75, 3.05) is 6.54 Å². The molecule has 0 saturated heterocycles. The van der Waals surface area contributed by atoms with Crippen LogP contribution in [0.15, 0.2) is 71.1 Å². The van der Waals surface area contributed by atoms with Crippen LogP contribution in [0.5, 0.6) is 0 Å². The Morgan fingerprint density at radius 3 is 2.34 bits per heavy atom. The van der Waals surface area contributed by atoms with Crippen LogP contribution in [0.2, 0.25) is 0 Å². The molecule has 0 fully saturated rings. The summed E-state index contributed by atoms with van der Waals surface area (Å²) < 4.78 is 27.2. The standard InChI is InChI=1S/C19H18N4O4S2/c24-18(22-23-19(25)17-5-1-2-11-20-17)14-6-8-16(9-7-14)29(26,27)21-12-10-15-4-3-13-28-15/h1-9,11,13,21H,10,12H2,(H,22,24)(H,23,25). The lowest BCUT2D eigenvalue weighted by Gasteiger charge is -2.09. The van der Waals surface area contributed by atoms with Crippen molar-refractivity contribution in [1.29, 1.82) is 0 Å². The lowest BCUT2D eigenvalue weighted by molar-refractivity contribution is 0.0844. The number of hydrogen-bond donors (Lipinski definition) is 3. The summed E-state index contributed by atoms with van der Waals surface area (Å²) in [6.45, 7) is 0.282. The molecule has 3 rings (SSSR count). The van der Waals surface area contributed by atoms with Gasteiger partial charge in [0.05, 0.1) is 4.90 Å². The number of aromatic nitrogens is 1. The SMILES string of the molecule is O=C(NNC(=O)c1ccccn1)c1ccc(S(=O)(=O)NCCc2cccs2)cc1. The van der Waals surface area contributed by atoms with E-state index in [9.17, 15) is 18.0 Å². The first-order chi connectivity index (χ1) is 14.0. The van der Waals surface area contributed by atoms with E-state index >= 15 is 0 Å². The number of nitrogens with zero attached hydrogens (tertiary/aromatic N) is 1. The number of hydrogen-bond acceptors (Lipinski definition) is 6. The zero-order valence-corrected chi connectivity index (χ0v) is 16.8. The van der Waals surface area contributed by atoms with Crippen LogP contribution < -0.4 is 15.6 Å². The quantitative estimate of drug-likeness (QED) is 0.494. The number of carbonyl (C=O) groups excluding carboxylic acids is 2. The third kappa shape index (κ3) is 5.70. The average Bonchev–Trinajstić information content (AvgIpc) is 3.26. The second-order valence-electron chi connectivity index (χ2n) is 5.87. The normalized spacial score (nSPS) is 11.0. The summed E-state index contributed by atoms with van der Waals surface area (Å²) >= 11 is 1.57. The van der Waals surface area contributed by atoms with E-state index in [1.807, 2.05) is 17.5 Å². The van der Waals surface area contributed by atoms with Crippen LogP contribution in [0.25, 0.3) is 0 Å². The van der Waals surface area contributed by atoms with Gasteiger partial charge in [-0.15, -0.1) is 11.3 Å². The summed E-state index contributed by atoms with van der Waals surface area (Å²) in [4.78, 5) is 29.0. The molecule has 0 unspecified atom stereocenters. The maximum atomic E-state index is 12.3. The number of nitrogens with one attached hydrogen (secondary N) is 3. The van der Waals surface area contributed by atoms with Gasteiger partial charge >= 0.3 is 0 Å². The smallest absolute Gasteiger partial charge is 0.267 e. The minimum Gasteiger partial charge on any atom is -0.267 e. The van der Waals surface area contributed by atoms with Crippen LogP contribution in [0.3, 0.4) is 0 Å². The highest BCUT2D eigenvalue weighted by molar-refractivity contribution is 7.89. The molecule has 0 aliphatic carbocycles. The molecular weight excluding hydrogens is 412 g/mol. The second-order valence-corrected chi connectivity index (χ2v) is 8.67. The third-order valence-corrected chi connectivity index (χ3v) is 6.27. The molecule has 10 heteroatoms. The molecule has 0 bridgehead atoms. The van der Waals surface area contributed by atoms with Crippen LogP contribution >= 0.6 is 11.3 Å². The first kappa shape index (κ1) is 20.6. The molecule has 0 radical (unpaired) electrons. The average molecular weight is 431 g/mol. The van der Waals surface area contributed by atoms with E-state index in [0.29, 0.717) is 6.42 Å². The van der Waals surface area contributed by atoms with Crippen LogP contribution in [0.4, 0.5) is 0 Å². The number of pyridine rings is 1. The van der Waals surface area contributed by atoms with Crippen molar-refractivity contribution in [3.05, 3.63) is 82.3 Å². The summed E-state index contributed by atoms with van der Waals surface area (Å²) in [7, 11) is -3.67. The number of hydrazine groups is 1. The summed E-state index contributed by atoms with van der Waals surface area (Å²) in [5.74, 6) is -1.14. The van der Waals surface area contributed by atoms with E-state index in [1.54, 1.807) is 23.5 Å². The van der Waals surface area contributed by atoms with Gasteiger partial charge in [-0.25, -0.2) is 13.1 Å². The molecule has 2 heterocycles. The first-order valence-electron chi connectivity index (χ1n) is 8.59. The van der Waals surface area contributed by atoms with E-state index in [0.717, 1.165) is 4.88 Å². The highest BCUT2D eigenvalue weighted by Crippen LogP contribution is 2.12. The van der Waals surface area contributed by atoms with Gasteiger partial charge in [-0.2, -0.15) is 0 Å². The van der Waals surface area contributed by atoms with Gasteiger partial charge in [0.15, 0.2) is 0 Å². The Bertz CT molecular complexity index is 1070. The van der Waals surface area contributed by atoms with Crippen molar-refractivity contribution in [3.8, 4) is 0 Å². The van der Waals surface area contributed by atoms with Crippen LogP contribution in [0.1, 0.15) is 25.7 Å². The predicted molar refractivity (Wildman–Crippen MR) is 109 cm³/mol. The van der Waals surface area contributed by atoms with Gasteiger partial charge in [-0.3, -0.25) is 25.4 Å². The van der Waals surface area contributed by atoms with Gasteiger partial charge in [-0.1, -0.05) is 12.1 Å². The summed E-state index contributed by atoms with van der Waals surface area (Å²) in [6.07, 6.45) is 2.07. The molecule has 2 aromatic heterocycles.